The van der Waals surface area contributed by atoms with Crippen LogP contribution < -0.4 is 14.2 Å². The van der Waals surface area contributed by atoms with Crippen LogP contribution in [0.5, 0.6) is 17.2 Å². The first-order valence-corrected chi connectivity index (χ1v) is 7.78. The number of benzene rings is 2. The molecule has 3 nitrogen and oxygen atoms in total. The summed E-state index contributed by atoms with van der Waals surface area (Å²) in [5, 5.41) is 0. The molecule has 0 N–H and O–H groups in total. The molecule has 2 aromatic rings. The summed E-state index contributed by atoms with van der Waals surface area (Å²) < 4.78 is 16.1. The molecule has 23 heavy (non-hydrogen) atoms. The summed E-state index contributed by atoms with van der Waals surface area (Å²) in [7, 11) is 4.85. The summed E-state index contributed by atoms with van der Waals surface area (Å²) in [5.41, 5.74) is 3.54. The Morgan fingerprint density at radius 3 is 1.83 bits per heavy atom. The summed E-state index contributed by atoms with van der Waals surface area (Å²) in [5.74, 6) is 1.92. The van der Waals surface area contributed by atoms with E-state index in [1.807, 2.05) is 18.2 Å². The van der Waals surface area contributed by atoms with Gasteiger partial charge in [-0.1, -0.05) is 49.8 Å². The van der Waals surface area contributed by atoms with Crippen LogP contribution >= 0.6 is 0 Å². The molecule has 3 heteroatoms. The van der Waals surface area contributed by atoms with Gasteiger partial charge in [0.05, 0.1) is 21.3 Å². The molecule has 0 spiro atoms. The average molecular weight is 312 g/mol. The largest absolute Gasteiger partial charge is 0.493 e. The molecule has 122 valence electrons. The molecule has 0 bridgehead atoms. The molecule has 0 heterocycles. The molecule has 2 rings (SSSR count). The van der Waals surface area contributed by atoms with E-state index >= 15 is 0 Å². The van der Waals surface area contributed by atoms with E-state index in [0.29, 0.717) is 17.2 Å². The maximum atomic E-state index is 5.38. The Labute approximate surface area is 138 Å². The van der Waals surface area contributed by atoms with Crippen molar-refractivity contribution in [3.63, 3.8) is 0 Å². The van der Waals surface area contributed by atoms with Crippen molar-refractivity contribution in [3.8, 4) is 17.2 Å². The van der Waals surface area contributed by atoms with Crippen molar-refractivity contribution < 1.29 is 14.2 Å². The minimum Gasteiger partial charge on any atom is -0.493 e. The topological polar surface area (TPSA) is 27.7 Å². The number of rotatable bonds is 7. The van der Waals surface area contributed by atoms with Gasteiger partial charge in [-0.15, -0.1) is 0 Å². The molecule has 0 saturated carbocycles. The Kier molecular flexibility index (Phi) is 6.10. The highest BCUT2D eigenvalue weighted by atomic mass is 16.5. The second kappa shape index (κ2) is 8.28. The summed E-state index contributed by atoms with van der Waals surface area (Å²) in [6.45, 7) is 2.19. The number of methoxy groups -OCH3 is 3. The molecular weight excluding hydrogens is 288 g/mol. The zero-order valence-electron chi connectivity index (χ0n) is 14.3. The Morgan fingerprint density at radius 2 is 1.35 bits per heavy atom. The lowest BCUT2D eigenvalue weighted by molar-refractivity contribution is 0.324. The van der Waals surface area contributed by atoms with Crippen LogP contribution in [0.3, 0.4) is 0 Å². The molecule has 0 aromatic heterocycles. The van der Waals surface area contributed by atoms with Crippen LogP contribution in [-0.2, 0) is 6.42 Å². The van der Waals surface area contributed by atoms with Gasteiger partial charge in [0.15, 0.2) is 11.5 Å². The third-order valence-corrected chi connectivity index (χ3v) is 3.67. The van der Waals surface area contributed by atoms with Gasteiger partial charge in [-0.05, 0) is 35.2 Å². The van der Waals surface area contributed by atoms with Crippen LogP contribution in [0.1, 0.15) is 30.0 Å². The summed E-state index contributed by atoms with van der Waals surface area (Å²) in [6.07, 6.45) is 6.41. The zero-order valence-corrected chi connectivity index (χ0v) is 14.3. The highest BCUT2D eigenvalue weighted by molar-refractivity contribution is 5.72. The van der Waals surface area contributed by atoms with Crippen LogP contribution in [0.4, 0.5) is 0 Å². The van der Waals surface area contributed by atoms with Gasteiger partial charge in [-0.25, -0.2) is 0 Å². The van der Waals surface area contributed by atoms with Crippen LogP contribution in [0.15, 0.2) is 36.4 Å². The summed E-state index contributed by atoms with van der Waals surface area (Å²) in [4.78, 5) is 0. The lowest BCUT2D eigenvalue weighted by atomic mass is 10.1. The Morgan fingerprint density at radius 1 is 0.783 bits per heavy atom. The first-order valence-electron chi connectivity index (χ1n) is 7.78. The number of hydrogen-bond donors (Lipinski definition) is 0. The van der Waals surface area contributed by atoms with Crippen molar-refractivity contribution in [2.75, 3.05) is 21.3 Å². The van der Waals surface area contributed by atoms with E-state index in [1.165, 1.54) is 17.5 Å². The molecule has 0 aliphatic rings. The molecule has 0 aliphatic heterocycles. The van der Waals surface area contributed by atoms with E-state index in [9.17, 15) is 0 Å². The number of hydrogen-bond acceptors (Lipinski definition) is 3. The van der Waals surface area contributed by atoms with Crippen LogP contribution in [0, 0.1) is 0 Å². The molecule has 2 aromatic carbocycles. The highest BCUT2D eigenvalue weighted by Crippen LogP contribution is 2.38. The first kappa shape index (κ1) is 16.9. The Balaban J connectivity index is 2.24. The lowest BCUT2D eigenvalue weighted by Gasteiger charge is -2.12. The fraction of sp³-hybridized carbons (Fsp3) is 0.300. The van der Waals surface area contributed by atoms with Crippen LogP contribution in [0.25, 0.3) is 12.2 Å². The number of ether oxygens (including phenoxy) is 3. The maximum absolute atomic E-state index is 5.38. The van der Waals surface area contributed by atoms with Gasteiger partial charge in [-0.3, -0.25) is 0 Å². The maximum Gasteiger partial charge on any atom is 0.203 e. The monoisotopic (exact) mass is 312 g/mol. The van der Waals surface area contributed by atoms with Crippen molar-refractivity contribution in [1.82, 2.24) is 0 Å². The fourth-order valence-corrected chi connectivity index (χ4v) is 2.47. The van der Waals surface area contributed by atoms with Gasteiger partial charge in [-0.2, -0.15) is 0 Å². The van der Waals surface area contributed by atoms with Crippen molar-refractivity contribution >= 4 is 12.2 Å². The van der Waals surface area contributed by atoms with E-state index in [0.717, 1.165) is 12.0 Å². The molecule has 0 radical (unpaired) electrons. The van der Waals surface area contributed by atoms with Gasteiger partial charge < -0.3 is 14.2 Å². The Bertz CT molecular complexity index is 632. The van der Waals surface area contributed by atoms with Gasteiger partial charge in [0.2, 0.25) is 5.75 Å². The van der Waals surface area contributed by atoms with Crippen LogP contribution in [0.2, 0.25) is 0 Å². The number of aryl methyl sites for hydroxylation is 1. The fourth-order valence-electron chi connectivity index (χ4n) is 2.47. The van der Waals surface area contributed by atoms with Crippen molar-refractivity contribution in [3.05, 3.63) is 53.1 Å². The lowest BCUT2D eigenvalue weighted by Crippen LogP contribution is -1.95. The summed E-state index contributed by atoms with van der Waals surface area (Å²) >= 11 is 0. The molecule has 0 fully saturated rings. The normalized spacial score (nSPS) is 10.8. The zero-order chi connectivity index (χ0) is 16.7. The Hall–Kier alpha value is -2.42. The first-order chi connectivity index (χ1) is 11.2. The SMILES string of the molecule is CCCc1ccc(/C=C/c2cc(OC)c(OC)c(OC)c2)cc1. The highest BCUT2D eigenvalue weighted by Gasteiger charge is 2.11. The standard InChI is InChI=1S/C20H24O3/c1-5-6-15-7-9-16(10-8-15)11-12-17-13-18(21-2)20(23-4)19(14-17)22-3/h7-14H,5-6H2,1-4H3/b12-11+. The molecule has 0 saturated heterocycles. The van der Waals surface area contributed by atoms with Gasteiger partial charge in [0.1, 0.15) is 0 Å². The van der Waals surface area contributed by atoms with Gasteiger partial charge >= 0.3 is 0 Å². The van der Waals surface area contributed by atoms with Crippen LogP contribution in [-0.4, -0.2) is 21.3 Å². The van der Waals surface area contributed by atoms with E-state index in [4.69, 9.17) is 14.2 Å². The minimum absolute atomic E-state index is 0.607. The van der Waals surface area contributed by atoms with Crippen molar-refractivity contribution in [2.24, 2.45) is 0 Å². The summed E-state index contributed by atoms with van der Waals surface area (Å²) in [6, 6.07) is 12.5. The molecular formula is C20H24O3. The van der Waals surface area contributed by atoms with Crippen molar-refractivity contribution in [1.29, 1.82) is 0 Å². The van der Waals surface area contributed by atoms with E-state index in [-0.39, 0.29) is 0 Å². The van der Waals surface area contributed by atoms with E-state index < -0.39 is 0 Å². The van der Waals surface area contributed by atoms with E-state index in [2.05, 4.69) is 37.3 Å². The predicted molar refractivity (Wildman–Crippen MR) is 95.5 cm³/mol. The second-order valence-corrected chi connectivity index (χ2v) is 5.28. The average Bonchev–Trinajstić information content (AvgIpc) is 2.60. The van der Waals surface area contributed by atoms with Gasteiger partial charge in [0.25, 0.3) is 0 Å². The molecule has 0 aliphatic carbocycles. The quantitative estimate of drug-likeness (QED) is 0.685. The second-order valence-electron chi connectivity index (χ2n) is 5.28. The molecule has 0 amide bonds. The molecule has 0 atom stereocenters. The van der Waals surface area contributed by atoms with Gasteiger partial charge in [0, 0.05) is 0 Å². The van der Waals surface area contributed by atoms with E-state index in [1.54, 1.807) is 21.3 Å². The minimum atomic E-state index is 0.607. The smallest absolute Gasteiger partial charge is 0.203 e. The third-order valence-electron chi connectivity index (χ3n) is 3.67. The molecule has 0 unspecified atom stereocenters. The van der Waals surface area contributed by atoms with Crippen molar-refractivity contribution in [2.45, 2.75) is 19.8 Å². The third kappa shape index (κ3) is 4.28. The predicted octanol–water partition coefficient (Wildman–Crippen LogP) is 4.84.